The summed E-state index contributed by atoms with van der Waals surface area (Å²) in [5, 5.41) is 5.38. The molecule has 3 rings (SSSR count). The van der Waals surface area contributed by atoms with Gasteiger partial charge in [-0.25, -0.2) is 0 Å². The minimum absolute atomic E-state index is 0.0111. The molecule has 2 aromatic carbocycles. The molecular weight excluding hydrogens is 372 g/mol. The Bertz CT molecular complexity index is 1020. The summed E-state index contributed by atoms with van der Waals surface area (Å²) in [4.78, 5) is 34.6. The molecule has 3 aromatic rings. The van der Waals surface area contributed by atoms with Gasteiger partial charge < -0.3 is 19.8 Å². The Balaban J connectivity index is 1.55. The van der Waals surface area contributed by atoms with E-state index < -0.39 is 5.91 Å². The fourth-order valence-electron chi connectivity index (χ4n) is 2.55. The predicted octanol–water partition coefficient (Wildman–Crippen LogP) is 4.27. The second kappa shape index (κ2) is 8.88. The Morgan fingerprint density at radius 3 is 2.03 bits per heavy atom. The lowest BCUT2D eigenvalue weighted by atomic mass is 10.1. The predicted molar refractivity (Wildman–Crippen MR) is 108 cm³/mol. The zero-order chi connectivity index (χ0) is 20.8. The molecule has 1 heterocycles. The van der Waals surface area contributed by atoms with Gasteiger partial charge in [0.15, 0.2) is 11.5 Å². The summed E-state index contributed by atoms with van der Waals surface area (Å²) < 4.78 is 11.1. The SMILES string of the molecule is CC(=O)Nc1ccc(NC(=O)c2ccc(COc3ccc(C(C)=O)cc3)o2)cc1. The zero-order valence-corrected chi connectivity index (χ0v) is 16.0. The van der Waals surface area contributed by atoms with Crippen molar-refractivity contribution in [2.24, 2.45) is 0 Å². The van der Waals surface area contributed by atoms with Crippen LogP contribution in [0.2, 0.25) is 0 Å². The van der Waals surface area contributed by atoms with E-state index in [0.717, 1.165) is 0 Å². The molecule has 29 heavy (non-hydrogen) atoms. The first-order valence-corrected chi connectivity index (χ1v) is 8.92. The largest absolute Gasteiger partial charge is 0.486 e. The van der Waals surface area contributed by atoms with Crippen molar-refractivity contribution >= 4 is 29.0 Å². The molecule has 2 N–H and O–H groups in total. The van der Waals surface area contributed by atoms with E-state index in [4.69, 9.17) is 9.15 Å². The second-order valence-electron chi connectivity index (χ2n) is 6.35. The minimum atomic E-state index is -0.394. The third kappa shape index (κ3) is 5.55. The molecular formula is C22H20N2O5. The number of benzene rings is 2. The average Bonchev–Trinajstić information content (AvgIpc) is 3.17. The second-order valence-corrected chi connectivity index (χ2v) is 6.35. The van der Waals surface area contributed by atoms with Crippen molar-refractivity contribution in [2.75, 3.05) is 10.6 Å². The summed E-state index contributed by atoms with van der Waals surface area (Å²) in [6, 6.07) is 16.8. The smallest absolute Gasteiger partial charge is 0.291 e. The highest BCUT2D eigenvalue weighted by Gasteiger charge is 2.12. The van der Waals surface area contributed by atoms with Crippen LogP contribution in [0.5, 0.6) is 5.75 Å². The molecule has 0 aliphatic carbocycles. The molecule has 7 nitrogen and oxygen atoms in total. The molecule has 0 atom stereocenters. The Hall–Kier alpha value is -3.87. The first-order valence-electron chi connectivity index (χ1n) is 8.92. The van der Waals surface area contributed by atoms with E-state index in [0.29, 0.717) is 28.4 Å². The van der Waals surface area contributed by atoms with Crippen molar-refractivity contribution in [1.82, 2.24) is 0 Å². The lowest BCUT2D eigenvalue weighted by Crippen LogP contribution is -2.11. The van der Waals surface area contributed by atoms with Gasteiger partial charge in [0.25, 0.3) is 5.91 Å². The number of anilines is 2. The van der Waals surface area contributed by atoms with E-state index in [9.17, 15) is 14.4 Å². The summed E-state index contributed by atoms with van der Waals surface area (Å²) in [5.41, 5.74) is 1.83. The van der Waals surface area contributed by atoms with Gasteiger partial charge in [0.05, 0.1) is 0 Å². The molecule has 0 spiro atoms. The van der Waals surface area contributed by atoms with Crippen LogP contribution in [0.15, 0.2) is 65.1 Å². The van der Waals surface area contributed by atoms with Crippen LogP contribution in [0.4, 0.5) is 11.4 Å². The Kier molecular flexibility index (Phi) is 6.09. The molecule has 0 aliphatic rings. The molecule has 1 aromatic heterocycles. The Morgan fingerprint density at radius 2 is 1.45 bits per heavy atom. The number of rotatable bonds is 7. The van der Waals surface area contributed by atoms with Crippen molar-refractivity contribution < 1.29 is 23.5 Å². The number of furan rings is 1. The number of ether oxygens (including phenoxy) is 1. The van der Waals surface area contributed by atoms with Gasteiger partial charge in [-0.1, -0.05) is 0 Å². The monoisotopic (exact) mass is 392 g/mol. The highest BCUT2D eigenvalue weighted by atomic mass is 16.5. The first kappa shape index (κ1) is 19.9. The van der Waals surface area contributed by atoms with Gasteiger partial charge in [0.1, 0.15) is 18.1 Å². The van der Waals surface area contributed by atoms with E-state index in [1.54, 1.807) is 60.7 Å². The summed E-state index contributed by atoms with van der Waals surface area (Å²) in [6.07, 6.45) is 0. The number of nitrogens with one attached hydrogen (secondary N) is 2. The van der Waals surface area contributed by atoms with E-state index in [2.05, 4.69) is 10.6 Å². The third-order valence-electron chi connectivity index (χ3n) is 3.99. The molecule has 0 saturated heterocycles. The maximum Gasteiger partial charge on any atom is 0.291 e. The van der Waals surface area contributed by atoms with E-state index in [-0.39, 0.29) is 24.1 Å². The number of hydrogen-bond donors (Lipinski definition) is 2. The van der Waals surface area contributed by atoms with E-state index in [1.165, 1.54) is 13.8 Å². The van der Waals surface area contributed by atoms with Crippen molar-refractivity contribution in [3.63, 3.8) is 0 Å². The number of carbonyl (C=O) groups excluding carboxylic acids is 3. The summed E-state index contributed by atoms with van der Waals surface area (Å²) >= 11 is 0. The van der Waals surface area contributed by atoms with Crippen LogP contribution in [0.3, 0.4) is 0 Å². The van der Waals surface area contributed by atoms with Gasteiger partial charge >= 0.3 is 0 Å². The number of ketones is 1. The van der Waals surface area contributed by atoms with Crippen molar-refractivity contribution in [1.29, 1.82) is 0 Å². The van der Waals surface area contributed by atoms with Gasteiger partial charge in [-0.2, -0.15) is 0 Å². The van der Waals surface area contributed by atoms with Crippen LogP contribution in [0.1, 0.15) is 40.5 Å². The fraction of sp³-hybridized carbons (Fsp3) is 0.136. The maximum absolute atomic E-state index is 12.3. The van der Waals surface area contributed by atoms with Crippen molar-refractivity contribution in [2.45, 2.75) is 20.5 Å². The third-order valence-corrected chi connectivity index (χ3v) is 3.99. The van der Waals surface area contributed by atoms with Gasteiger partial charge in [-0.3, -0.25) is 14.4 Å². The highest BCUT2D eigenvalue weighted by Crippen LogP contribution is 2.18. The molecule has 7 heteroatoms. The normalized spacial score (nSPS) is 10.3. The first-order chi connectivity index (χ1) is 13.9. The van der Waals surface area contributed by atoms with Crippen LogP contribution in [0, 0.1) is 0 Å². The molecule has 0 unspecified atom stereocenters. The number of Topliss-reactive ketones (excluding diaryl/α,β-unsaturated/α-hetero) is 1. The molecule has 0 saturated carbocycles. The van der Waals surface area contributed by atoms with Crippen LogP contribution in [-0.2, 0) is 11.4 Å². The lowest BCUT2D eigenvalue weighted by molar-refractivity contribution is -0.114. The fourth-order valence-corrected chi connectivity index (χ4v) is 2.55. The zero-order valence-electron chi connectivity index (χ0n) is 16.0. The van der Waals surface area contributed by atoms with Crippen LogP contribution >= 0.6 is 0 Å². The number of hydrogen-bond acceptors (Lipinski definition) is 5. The summed E-state index contributed by atoms with van der Waals surface area (Å²) in [6.45, 7) is 3.08. The van der Waals surface area contributed by atoms with Crippen LogP contribution < -0.4 is 15.4 Å². The molecule has 0 aliphatic heterocycles. The van der Waals surface area contributed by atoms with E-state index >= 15 is 0 Å². The van der Waals surface area contributed by atoms with Gasteiger partial charge in [0.2, 0.25) is 5.91 Å². The van der Waals surface area contributed by atoms with Crippen molar-refractivity contribution in [3.05, 3.63) is 77.7 Å². The Morgan fingerprint density at radius 1 is 0.828 bits per heavy atom. The topological polar surface area (TPSA) is 97.6 Å². The molecule has 0 bridgehead atoms. The summed E-state index contributed by atoms with van der Waals surface area (Å²) in [5.74, 6) is 0.671. The lowest BCUT2D eigenvalue weighted by Gasteiger charge is -2.06. The summed E-state index contributed by atoms with van der Waals surface area (Å²) in [7, 11) is 0. The van der Waals surface area contributed by atoms with Gasteiger partial charge in [-0.15, -0.1) is 0 Å². The van der Waals surface area contributed by atoms with Crippen LogP contribution in [0.25, 0.3) is 0 Å². The van der Waals surface area contributed by atoms with Gasteiger partial charge in [0, 0.05) is 23.9 Å². The Labute approximate surface area is 167 Å². The van der Waals surface area contributed by atoms with Crippen LogP contribution in [-0.4, -0.2) is 17.6 Å². The molecule has 0 fully saturated rings. The maximum atomic E-state index is 12.3. The van der Waals surface area contributed by atoms with Gasteiger partial charge in [-0.05, 0) is 67.6 Å². The van der Waals surface area contributed by atoms with Crippen molar-refractivity contribution in [3.8, 4) is 5.75 Å². The minimum Gasteiger partial charge on any atom is -0.486 e. The van der Waals surface area contributed by atoms with E-state index in [1.807, 2.05) is 0 Å². The average molecular weight is 392 g/mol. The highest BCUT2D eigenvalue weighted by molar-refractivity contribution is 6.02. The molecule has 0 radical (unpaired) electrons. The quantitative estimate of drug-likeness (QED) is 0.585. The number of amides is 2. The number of carbonyl (C=O) groups is 3. The molecule has 2 amide bonds. The standard InChI is InChI=1S/C22H20N2O5/c1-14(25)16-3-9-19(10-4-16)28-13-20-11-12-21(29-20)22(27)24-18-7-5-17(6-8-18)23-15(2)26/h3-12H,13H2,1-2H3,(H,23,26)(H,24,27). The molecule has 148 valence electrons.